The van der Waals surface area contributed by atoms with E-state index in [0.29, 0.717) is 0 Å². The predicted molar refractivity (Wildman–Crippen MR) is 49.7 cm³/mol. The highest BCUT2D eigenvalue weighted by molar-refractivity contribution is 7.97. The first kappa shape index (κ1) is 12.3. The molecule has 9 heavy (non-hydrogen) atoms. The van der Waals surface area contributed by atoms with Crippen LogP contribution in [0.15, 0.2) is 0 Å². The number of unbranched alkanes of at least 4 members (excludes halogenated alkanes) is 2. The molecular formula is C7H17ClS. The van der Waals surface area contributed by atoms with E-state index in [1.54, 1.807) is 11.8 Å². The molecule has 0 bridgehead atoms. The van der Waals surface area contributed by atoms with Crippen molar-refractivity contribution in [1.82, 2.24) is 0 Å². The largest absolute Gasteiger partial charge is 0.169 e. The van der Waals surface area contributed by atoms with Crippen molar-refractivity contribution in [2.45, 2.75) is 26.2 Å². The second-order valence-corrected chi connectivity index (χ2v) is 3.00. The van der Waals surface area contributed by atoms with E-state index in [0.717, 1.165) is 5.88 Å². The van der Waals surface area contributed by atoms with Crippen molar-refractivity contribution in [3.63, 3.8) is 0 Å². The summed E-state index contributed by atoms with van der Waals surface area (Å²) in [4.78, 5) is 0. The summed E-state index contributed by atoms with van der Waals surface area (Å²) in [7, 11) is 0. The summed E-state index contributed by atoms with van der Waals surface area (Å²) in [6.07, 6.45) is 7.81. The third-order valence-corrected chi connectivity index (χ3v) is 1.00. The summed E-state index contributed by atoms with van der Waals surface area (Å²) >= 11 is 7.13. The fourth-order valence-corrected chi connectivity index (χ4v) is 0.533. The van der Waals surface area contributed by atoms with Crippen LogP contribution in [-0.2, 0) is 0 Å². The van der Waals surface area contributed by atoms with Crippen molar-refractivity contribution in [2.75, 3.05) is 18.4 Å². The molecule has 0 aliphatic rings. The quantitative estimate of drug-likeness (QED) is 0.460. The molecule has 0 fully saturated rings. The molecule has 0 rings (SSSR count). The van der Waals surface area contributed by atoms with E-state index in [-0.39, 0.29) is 0 Å². The Labute approximate surface area is 68.4 Å². The van der Waals surface area contributed by atoms with Crippen molar-refractivity contribution in [1.29, 1.82) is 0 Å². The molecule has 0 aliphatic heterocycles. The van der Waals surface area contributed by atoms with Gasteiger partial charge in [0, 0.05) is 5.88 Å². The van der Waals surface area contributed by atoms with Crippen molar-refractivity contribution in [2.24, 2.45) is 0 Å². The predicted octanol–water partition coefficient (Wildman–Crippen LogP) is 3.39. The highest BCUT2D eigenvalue weighted by Crippen LogP contribution is 1.93. The first-order valence-electron chi connectivity index (χ1n) is 3.29. The molecular weight excluding hydrogens is 152 g/mol. The highest BCUT2D eigenvalue weighted by atomic mass is 35.5. The van der Waals surface area contributed by atoms with Gasteiger partial charge in [-0.15, -0.1) is 11.6 Å². The number of hydrogen-bond acceptors (Lipinski definition) is 1. The van der Waals surface area contributed by atoms with Gasteiger partial charge in [-0.3, -0.25) is 0 Å². The summed E-state index contributed by atoms with van der Waals surface area (Å²) < 4.78 is 0. The zero-order valence-corrected chi connectivity index (χ0v) is 8.19. The Morgan fingerprint density at radius 2 is 1.67 bits per heavy atom. The van der Waals surface area contributed by atoms with Crippen LogP contribution in [0.25, 0.3) is 0 Å². The van der Waals surface area contributed by atoms with E-state index in [1.807, 2.05) is 12.5 Å². The molecule has 0 aromatic rings. The normalized spacial score (nSPS) is 8.00. The topological polar surface area (TPSA) is 0 Å². The smallest absolute Gasteiger partial charge is 0.0223 e. The molecule has 0 aromatic carbocycles. The minimum Gasteiger partial charge on any atom is -0.169 e. The standard InChI is InChI=1S/C5H11Cl.C2H6S/c1-2-3-4-5-6;1-3-2/h2-5H2,1H3;1-2H3. The number of rotatable bonds is 3. The van der Waals surface area contributed by atoms with E-state index in [9.17, 15) is 0 Å². The van der Waals surface area contributed by atoms with Gasteiger partial charge >= 0.3 is 0 Å². The van der Waals surface area contributed by atoms with Crippen molar-refractivity contribution in [3.8, 4) is 0 Å². The Bertz CT molecular complexity index is 28.1. The van der Waals surface area contributed by atoms with Gasteiger partial charge in [0.25, 0.3) is 0 Å². The second kappa shape index (κ2) is 15.9. The summed E-state index contributed by atoms with van der Waals surface area (Å²) in [6, 6.07) is 0. The van der Waals surface area contributed by atoms with Gasteiger partial charge in [0.1, 0.15) is 0 Å². The number of halogens is 1. The molecule has 0 aromatic heterocycles. The van der Waals surface area contributed by atoms with Gasteiger partial charge < -0.3 is 0 Å². The van der Waals surface area contributed by atoms with Crippen LogP contribution in [-0.4, -0.2) is 18.4 Å². The Hall–Kier alpha value is 0.640. The zero-order valence-electron chi connectivity index (χ0n) is 6.61. The van der Waals surface area contributed by atoms with Gasteiger partial charge in [0.15, 0.2) is 0 Å². The molecule has 0 heterocycles. The van der Waals surface area contributed by atoms with Crippen LogP contribution in [0.4, 0.5) is 0 Å². The third kappa shape index (κ3) is 28.8. The Morgan fingerprint density at radius 3 is 1.78 bits per heavy atom. The first-order chi connectivity index (χ1) is 4.33. The fraction of sp³-hybridized carbons (Fsp3) is 1.00. The van der Waals surface area contributed by atoms with E-state index < -0.39 is 0 Å². The molecule has 0 spiro atoms. The Kier molecular flexibility index (Phi) is 21.7. The van der Waals surface area contributed by atoms with Crippen LogP contribution in [0.3, 0.4) is 0 Å². The average molecular weight is 169 g/mol. The van der Waals surface area contributed by atoms with E-state index in [1.165, 1.54) is 19.3 Å². The minimum atomic E-state index is 0.827. The zero-order chi connectivity index (χ0) is 7.54. The summed E-state index contributed by atoms with van der Waals surface area (Å²) in [5, 5.41) is 0. The second-order valence-electron chi connectivity index (χ2n) is 1.80. The van der Waals surface area contributed by atoms with Gasteiger partial charge in [-0.05, 0) is 18.9 Å². The van der Waals surface area contributed by atoms with Crippen molar-refractivity contribution < 1.29 is 0 Å². The summed E-state index contributed by atoms with van der Waals surface area (Å²) in [5.74, 6) is 0.827. The molecule has 0 nitrogen and oxygen atoms in total. The van der Waals surface area contributed by atoms with Crippen LogP contribution < -0.4 is 0 Å². The van der Waals surface area contributed by atoms with Crippen LogP contribution in [0.1, 0.15) is 26.2 Å². The molecule has 0 N–H and O–H groups in total. The van der Waals surface area contributed by atoms with E-state index in [2.05, 4.69) is 6.92 Å². The lowest BCUT2D eigenvalue weighted by atomic mass is 10.3. The van der Waals surface area contributed by atoms with Crippen molar-refractivity contribution >= 4 is 23.4 Å². The molecule has 0 radical (unpaired) electrons. The van der Waals surface area contributed by atoms with Gasteiger partial charge in [0.05, 0.1) is 0 Å². The maximum atomic E-state index is 5.38. The van der Waals surface area contributed by atoms with Crippen molar-refractivity contribution in [3.05, 3.63) is 0 Å². The average Bonchev–Trinajstić information content (AvgIpc) is 1.86. The summed E-state index contributed by atoms with van der Waals surface area (Å²) in [5.41, 5.74) is 0. The molecule has 0 saturated heterocycles. The first-order valence-corrected chi connectivity index (χ1v) is 5.46. The molecule has 0 saturated carbocycles. The van der Waals surface area contributed by atoms with E-state index in [4.69, 9.17) is 11.6 Å². The maximum absolute atomic E-state index is 5.38. The highest BCUT2D eigenvalue weighted by Gasteiger charge is 1.76. The monoisotopic (exact) mass is 168 g/mol. The molecule has 58 valence electrons. The van der Waals surface area contributed by atoms with Gasteiger partial charge in [-0.1, -0.05) is 19.8 Å². The van der Waals surface area contributed by atoms with Gasteiger partial charge in [-0.2, -0.15) is 11.8 Å². The maximum Gasteiger partial charge on any atom is 0.0223 e. The summed E-state index contributed by atoms with van der Waals surface area (Å²) in [6.45, 7) is 2.17. The van der Waals surface area contributed by atoms with Crippen LogP contribution >= 0.6 is 23.4 Å². The van der Waals surface area contributed by atoms with Crippen LogP contribution in [0.5, 0.6) is 0 Å². The molecule has 0 aliphatic carbocycles. The Morgan fingerprint density at radius 1 is 1.22 bits per heavy atom. The molecule has 0 unspecified atom stereocenters. The lowest BCUT2D eigenvalue weighted by Crippen LogP contribution is -1.70. The van der Waals surface area contributed by atoms with Crippen LogP contribution in [0.2, 0.25) is 0 Å². The lowest BCUT2D eigenvalue weighted by molar-refractivity contribution is 0.776. The minimum absolute atomic E-state index is 0.827. The molecule has 0 amide bonds. The fourth-order valence-electron chi connectivity index (χ4n) is 0.344. The van der Waals surface area contributed by atoms with E-state index >= 15 is 0 Å². The SMILES string of the molecule is CCCCCCl.CSC. The number of thioether (sulfide) groups is 1. The Balaban J connectivity index is 0. The lowest BCUT2D eigenvalue weighted by Gasteiger charge is -1.84. The molecule has 2 heteroatoms. The molecule has 0 atom stereocenters. The third-order valence-electron chi connectivity index (χ3n) is 0.737. The number of hydrogen-bond donors (Lipinski definition) is 0. The van der Waals surface area contributed by atoms with Gasteiger partial charge in [-0.25, -0.2) is 0 Å². The van der Waals surface area contributed by atoms with Gasteiger partial charge in [0.2, 0.25) is 0 Å². The van der Waals surface area contributed by atoms with Crippen LogP contribution in [0, 0.1) is 0 Å². The number of alkyl halides is 1.